The zero-order valence-electron chi connectivity index (χ0n) is 18.8. The Hall–Kier alpha value is -2.00. The first-order valence-corrected chi connectivity index (χ1v) is 12.9. The SMILES string of the molecule is COc1ccc(OC)c([C@@H](C)NC(=O)[C@@H]2CCCN(S(=O)(=O)Cc3ccc(Cl)c(Cl)c3)C2)c1. The van der Waals surface area contributed by atoms with Crippen molar-refractivity contribution in [1.29, 1.82) is 0 Å². The lowest BCUT2D eigenvalue weighted by Gasteiger charge is -2.32. The van der Waals surface area contributed by atoms with Crippen LogP contribution in [0, 0.1) is 5.92 Å². The molecule has 7 nitrogen and oxygen atoms in total. The number of sulfonamides is 1. The summed E-state index contributed by atoms with van der Waals surface area (Å²) in [4.78, 5) is 13.0. The Morgan fingerprint density at radius 3 is 2.58 bits per heavy atom. The molecule has 10 heteroatoms. The second-order valence-corrected chi connectivity index (χ2v) is 10.8. The van der Waals surface area contributed by atoms with Crippen LogP contribution < -0.4 is 14.8 Å². The highest BCUT2D eigenvalue weighted by molar-refractivity contribution is 7.88. The minimum atomic E-state index is -3.62. The summed E-state index contributed by atoms with van der Waals surface area (Å²) in [5.41, 5.74) is 1.33. The van der Waals surface area contributed by atoms with Gasteiger partial charge in [0.25, 0.3) is 0 Å². The molecule has 1 aliphatic rings. The van der Waals surface area contributed by atoms with Crippen LogP contribution in [-0.2, 0) is 20.6 Å². The maximum Gasteiger partial charge on any atom is 0.224 e. The second kappa shape index (κ2) is 11.0. The zero-order chi connectivity index (χ0) is 24.2. The minimum Gasteiger partial charge on any atom is -0.497 e. The number of ether oxygens (including phenoxy) is 2. The van der Waals surface area contributed by atoms with Crippen molar-refractivity contribution in [3.63, 3.8) is 0 Å². The molecule has 0 bridgehead atoms. The zero-order valence-corrected chi connectivity index (χ0v) is 21.1. The van der Waals surface area contributed by atoms with E-state index in [1.165, 1.54) is 4.31 Å². The van der Waals surface area contributed by atoms with E-state index in [4.69, 9.17) is 32.7 Å². The molecule has 2 aromatic rings. The summed E-state index contributed by atoms with van der Waals surface area (Å²) in [6, 6.07) is 9.82. The van der Waals surface area contributed by atoms with Gasteiger partial charge in [0, 0.05) is 18.7 Å². The molecule has 1 fully saturated rings. The van der Waals surface area contributed by atoms with Gasteiger partial charge in [-0.2, -0.15) is 0 Å². The number of nitrogens with one attached hydrogen (secondary N) is 1. The van der Waals surface area contributed by atoms with Crippen molar-refractivity contribution in [2.75, 3.05) is 27.3 Å². The smallest absolute Gasteiger partial charge is 0.224 e. The van der Waals surface area contributed by atoms with Crippen molar-refractivity contribution in [3.8, 4) is 11.5 Å². The highest BCUT2D eigenvalue weighted by Gasteiger charge is 2.33. The molecule has 33 heavy (non-hydrogen) atoms. The fourth-order valence-electron chi connectivity index (χ4n) is 3.93. The van der Waals surface area contributed by atoms with E-state index in [0.29, 0.717) is 46.5 Å². The largest absolute Gasteiger partial charge is 0.497 e. The van der Waals surface area contributed by atoms with Gasteiger partial charge in [0.15, 0.2) is 0 Å². The van der Waals surface area contributed by atoms with Crippen LogP contribution in [0.4, 0.5) is 0 Å². The molecule has 1 amide bonds. The van der Waals surface area contributed by atoms with Crippen LogP contribution >= 0.6 is 23.2 Å². The Labute approximate surface area is 205 Å². The number of nitrogens with zero attached hydrogens (tertiary/aromatic N) is 1. The van der Waals surface area contributed by atoms with Crippen LogP contribution in [0.1, 0.15) is 36.9 Å². The van der Waals surface area contributed by atoms with E-state index >= 15 is 0 Å². The predicted molar refractivity (Wildman–Crippen MR) is 129 cm³/mol. The molecule has 1 saturated heterocycles. The van der Waals surface area contributed by atoms with Crippen molar-refractivity contribution in [2.45, 2.75) is 31.6 Å². The van der Waals surface area contributed by atoms with Gasteiger partial charge in [-0.1, -0.05) is 29.3 Å². The molecule has 2 aromatic carbocycles. The Morgan fingerprint density at radius 1 is 1.15 bits per heavy atom. The van der Waals surface area contributed by atoms with E-state index in [9.17, 15) is 13.2 Å². The van der Waals surface area contributed by atoms with Gasteiger partial charge in [-0.3, -0.25) is 4.79 Å². The molecular formula is C23H28Cl2N2O5S. The third-order valence-corrected chi connectivity index (χ3v) is 8.30. The van der Waals surface area contributed by atoms with Crippen molar-refractivity contribution < 1.29 is 22.7 Å². The summed E-state index contributed by atoms with van der Waals surface area (Å²) in [6.45, 7) is 2.38. The minimum absolute atomic E-state index is 0.136. The van der Waals surface area contributed by atoms with Crippen LogP contribution in [0.3, 0.4) is 0 Å². The van der Waals surface area contributed by atoms with Crippen molar-refractivity contribution in [2.24, 2.45) is 5.92 Å². The van der Waals surface area contributed by atoms with E-state index in [1.807, 2.05) is 13.0 Å². The number of rotatable bonds is 8. The van der Waals surface area contributed by atoms with E-state index in [0.717, 1.165) is 5.56 Å². The molecule has 1 N–H and O–H groups in total. The maximum absolute atomic E-state index is 13.0. The second-order valence-electron chi connectivity index (χ2n) is 8.04. The van der Waals surface area contributed by atoms with E-state index < -0.39 is 15.9 Å². The molecule has 0 aliphatic carbocycles. The fraction of sp³-hybridized carbons (Fsp3) is 0.435. The fourth-order valence-corrected chi connectivity index (χ4v) is 5.85. The Balaban J connectivity index is 1.68. The first-order chi connectivity index (χ1) is 15.6. The lowest BCUT2D eigenvalue weighted by molar-refractivity contribution is -0.126. The average molecular weight is 515 g/mol. The molecule has 180 valence electrons. The first kappa shape index (κ1) is 25.6. The van der Waals surface area contributed by atoms with E-state index in [-0.39, 0.29) is 24.2 Å². The molecule has 1 aliphatic heterocycles. The highest BCUT2D eigenvalue weighted by atomic mass is 35.5. The van der Waals surface area contributed by atoms with Gasteiger partial charge in [0.2, 0.25) is 15.9 Å². The number of carbonyl (C=O) groups excluding carboxylic acids is 1. The summed E-state index contributed by atoms with van der Waals surface area (Å²) in [6.07, 6.45) is 1.22. The third kappa shape index (κ3) is 6.32. The number of halogens is 2. The van der Waals surface area contributed by atoms with Crippen molar-refractivity contribution in [3.05, 3.63) is 57.6 Å². The topological polar surface area (TPSA) is 84.9 Å². The molecule has 3 rings (SSSR count). The van der Waals surface area contributed by atoms with Crippen LogP contribution in [0.15, 0.2) is 36.4 Å². The standard InChI is InChI=1S/C23H28Cl2N2O5S/c1-15(19-12-18(31-2)7-9-22(19)32-3)26-23(28)17-5-4-10-27(13-17)33(29,30)14-16-6-8-20(24)21(25)11-16/h6-9,11-12,15,17H,4-5,10,13-14H2,1-3H3,(H,26,28)/t15-,17-/m1/s1. The van der Waals surface area contributed by atoms with Gasteiger partial charge in [-0.05, 0) is 55.7 Å². The molecule has 0 saturated carbocycles. The average Bonchev–Trinajstić information content (AvgIpc) is 2.80. The molecule has 2 atom stereocenters. The quantitative estimate of drug-likeness (QED) is 0.563. The number of piperidine rings is 1. The summed E-state index contributed by atoms with van der Waals surface area (Å²) in [5, 5.41) is 3.68. The van der Waals surface area contributed by atoms with Gasteiger partial charge < -0.3 is 14.8 Å². The third-order valence-electron chi connectivity index (χ3n) is 5.74. The Bertz CT molecular complexity index is 1110. The normalized spacial score (nSPS) is 17.9. The number of amides is 1. The van der Waals surface area contributed by atoms with Gasteiger partial charge in [-0.15, -0.1) is 0 Å². The number of carbonyl (C=O) groups is 1. The molecule has 1 heterocycles. The monoisotopic (exact) mass is 514 g/mol. The lowest BCUT2D eigenvalue weighted by atomic mass is 9.97. The van der Waals surface area contributed by atoms with Gasteiger partial charge in [0.05, 0.1) is 42.0 Å². The number of methoxy groups -OCH3 is 2. The number of hydrogen-bond acceptors (Lipinski definition) is 5. The molecular weight excluding hydrogens is 487 g/mol. The predicted octanol–water partition coefficient (Wildman–Crippen LogP) is 4.43. The molecule has 0 radical (unpaired) electrons. The molecule has 0 spiro atoms. The number of hydrogen-bond donors (Lipinski definition) is 1. The summed E-state index contributed by atoms with van der Waals surface area (Å²) >= 11 is 11.9. The van der Waals surface area contributed by atoms with Gasteiger partial charge in [-0.25, -0.2) is 12.7 Å². The van der Waals surface area contributed by atoms with Crippen LogP contribution in [0.25, 0.3) is 0 Å². The van der Waals surface area contributed by atoms with Crippen molar-refractivity contribution in [1.82, 2.24) is 9.62 Å². The van der Waals surface area contributed by atoms with Crippen LogP contribution in [-0.4, -0.2) is 45.9 Å². The summed E-state index contributed by atoms with van der Waals surface area (Å²) in [7, 11) is -0.477. The van der Waals surface area contributed by atoms with Gasteiger partial charge >= 0.3 is 0 Å². The summed E-state index contributed by atoms with van der Waals surface area (Å²) in [5.74, 6) is 0.459. The van der Waals surface area contributed by atoms with E-state index in [1.54, 1.807) is 44.6 Å². The molecule has 0 aromatic heterocycles. The van der Waals surface area contributed by atoms with E-state index in [2.05, 4.69) is 5.32 Å². The molecule has 0 unspecified atom stereocenters. The Kier molecular flexibility index (Phi) is 8.50. The number of benzene rings is 2. The first-order valence-electron chi connectivity index (χ1n) is 10.6. The Morgan fingerprint density at radius 2 is 1.91 bits per heavy atom. The summed E-state index contributed by atoms with van der Waals surface area (Å²) < 4.78 is 38.1. The van der Waals surface area contributed by atoms with Crippen LogP contribution in [0.5, 0.6) is 11.5 Å². The van der Waals surface area contributed by atoms with Crippen LogP contribution in [0.2, 0.25) is 10.0 Å². The maximum atomic E-state index is 13.0. The van der Waals surface area contributed by atoms with Gasteiger partial charge in [0.1, 0.15) is 11.5 Å². The highest BCUT2D eigenvalue weighted by Crippen LogP contribution is 2.30. The van der Waals surface area contributed by atoms with Crippen molar-refractivity contribution >= 4 is 39.1 Å². The lowest BCUT2D eigenvalue weighted by Crippen LogP contribution is -2.46.